The van der Waals surface area contributed by atoms with E-state index in [2.05, 4.69) is 0 Å². The molecule has 2 aliphatic heterocycles. The summed E-state index contributed by atoms with van der Waals surface area (Å²) in [7, 11) is 0. The van der Waals surface area contributed by atoms with Gasteiger partial charge in [-0.3, -0.25) is 0 Å². The van der Waals surface area contributed by atoms with Crippen LogP contribution in [0.1, 0.15) is 27.2 Å². The monoisotopic (exact) mass is 272 g/mol. The number of thioether (sulfide) groups is 1. The molecule has 0 spiro atoms. The van der Waals surface area contributed by atoms with E-state index in [-0.39, 0.29) is 6.09 Å². The smallest absolute Gasteiger partial charge is 0.410 e. The first-order chi connectivity index (χ1) is 8.42. The van der Waals surface area contributed by atoms with E-state index in [4.69, 9.17) is 10.5 Å². The lowest BCUT2D eigenvalue weighted by atomic mass is 9.91. The summed E-state index contributed by atoms with van der Waals surface area (Å²) in [6, 6.07) is 0.342. The molecule has 3 atom stereocenters. The molecule has 0 aromatic carbocycles. The summed E-state index contributed by atoms with van der Waals surface area (Å²) >= 11 is 1.98. The summed E-state index contributed by atoms with van der Waals surface area (Å²) < 4.78 is 5.50. The van der Waals surface area contributed by atoms with E-state index in [9.17, 15) is 4.79 Å². The highest BCUT2D eigenvalue weighted by atomic mass is 32.2. The van der Waals surface area contributed by atoms with Crippen LogP contribution in [0, 0.1) is 11.8 Å². The fraction of sp³-hybridized carbons (Fsp3) is 0.923. The van der Waals surface area contributed by atoms with Crippen molar-refractivity contribution < 1.29 is 9.53 Å². The number of nitrogens with zero attached hydrogens (tertiary/aromatic N) is 1. The Morgan fingerprint density at radius 1 is 1.50 bits per heavy atom. The zero-order chi connectivity index (χ0) is 13.3. The van der Waals surface area contributed by atoms with Gasteiger partial charge in [0.1, 0.15) is 5.60 Å². The van der Waals surface area contributed by atoms with Crippen molar-refractivity contribution in [1.82, 2.24) is 4.90 Å². The second-order valence-corrected chi connectivity index (χ2v) is 7.37. The second-order valence-electron chi connectivity index (χ2n) is 6.22. The summed E-state index contributed by atoms with van der Waals surface area (Å²) in [5, 5.41) is 0. The predicted octanol–water partition coefficient (Wildman–Crippen LogP) is 1.93. The molecule has 0 bridgehead atoms. The van der Waals surface area contributed by atoms with Crippen LogP contribution in [0.4, 0.5) is 4.79 Å². The Hall–Kier alpha value is -0.420. The molecule has 0 radical (unpaired) electrons. The van der Waals surface area contributed by atoms with Crippen LogP contribution in [-0.4, -0.2) is 47.2 Å². The maximum atomic E-state index is 12.2. The van der Waals surface area contributed by atoms with Crippen molar-refractivity contribution in [2.45, 2.75) is 38.8 Å². The third-order valence-electron chi connectivity index (χ3n) is 3.73. The summed E-state index contributed by atoms with van der Waals surface area (Å²) in [4.78, 5) is 14.2. The van der Waals surface area contributed by atoms with E-state index in [0.29, 0.717) is 24.4 Å². The van der Waals surface area contributed by atoms with Gasteiger partial charge in [0.2, 0.25) is 0 Å². The van der Waals surface area contributed by atoms with Crippen molar-refractivity contribution in [2.75, 3.05) is 24.6 Å². The van der Waals surface area contributed by atoms with Gasteiger partial charge < -0.3 is 15.4 Å². The van der Waals surface area contributed by atoms with E-state index < -0.39 is 5.60 Å². The van der Waals surface area contributed by atoms with Crippen LogP contribution in [0.2, 0.25) is 0 Å². The molecule has 104 valence electrons. The minimum atomic E-state index is -0.420. The molecule has 2 fully saturated rings. The second kappa shape index (κ2) is 5.29. The Bertz CT molecular complexity index is 317. The van der Waals surface area contributed by atoms with E-state index in [0.717, 1.165) is 24.5 Å². The van der Waals surface area contributed by atoms with Crippen LogP contribution in [0.15, 0.2) is 0 Å². The van der Waals surface area contributed by atoms with Crippen molar-refractivity contribution in [3.05, 3.63) is 0 Å². The number of rotatable bonds is 1. The summed E-state index contributed by atoms with van der Waals surface area (Å²) in [5.41, 5.74) is 5.42. The van der Waals surface area contributed by atoms with Crippen molar-refractivity contribution in [1.29, 1.82) is 0 Å². The molecule has 2 aliphatic rings. The molecule has 3 unspecified atom stereocenters. The van der Waals surface area contributed by atoms with Crippen LogP contribution in [0.5, 0.6) is 0 Å². The molecule has 0 saturated carbocycles. The van der Waals surface area contributed by atoms with Gasteiger partial charge in [-0.25, -0.2) is 4.79 Å². The van der Waals surface area contributed by atoms with Crippen molar-refractivity contribution >= 4 is 17.9 Å². The van der Waals surface area contributed by atoms with Gasteiger partial charge in [-0.2, -0.15) is 11.8 Å². The zero-order valence-electron chi connectivity index (χ0n) is 11.5. The summed E-state index contributed by atoms with van der Waals surface area (Å²) in [6.07, 6.45) is 0.908. The largest absolute Gasteiger partial charge is 0.444 e. The van der Waals surface area contributed by atoms with E-state index in [1.54, 1.807) is 0 Å². The van der Waals surface area contributed by atoms with Crippen LogP contribution in [0.25, 0.3) is 0 Å². The lowest BCUT2D eigenvalue weighted by Crippen LogP contribution is -2.43. The average molecular weight is 272 g/mol. The first-order valence-corrected chi connectivity index (χ1v) is 7.85. The van der Waals surface area contributed by atoms with Gasteiger partial charge in [0, 0.05) is 12.6 Å². The Balaban J connectivity index is 2.06. The number of amides is 1. The van der Waals surface area contributed by atoms with Gasteiger partial charge in [-0.1, -0.05) is 0 Å². The molecule has 2 saturated heterocycles. The third kappa shape index (κ3) is 2.94. The first-order valence-electron chi connectivity index (χ1n) is 6.70. The first kappa shape index (κ1) is 14.0. The van der Waals surface area contributed by atoms with Gasteiger partial charge in [-0.05, 0) is 57.1 Å². The highest BCUT2D eigenvalue weighted by Crippen LogP contribution is 2.38. The molecule has 0 aromatic heterocycles. The van der Waals surface area contributed by atoms with Gasteiger partial charge in [0.05, 0.1) is 0 Å². The quantitative estimate of drug-likeness (QED) is 0.792. The fourth-order valence-electron chi connectivity index (χ4n) is 2.89. The highest BCUT2D eigenvalue weighted by Gasteiger charge is 2.45. The summed E-state index contributed by atoms with van der Waals surface area (Å²) in [5.74, 6) is 3.26. The topological polar surface area (TPSA) is 55.6 Å². The van der Waals surface area contributed by atoms with Crippen LogP contribution >= 0.6 is 11.8 Å². The Morgan fingerprint density at radius 3 is 2.83 bits per heavy atom. The average Bonchev–Trinajstić information content (AvgIpc) is 2.65. The van der Waals surface area contributed by atoms with Gasteiger partial charge in [0.15, 0.2) is 0 Å². The van der Waals surface area contributed by atoms with Crippen molar-refractivity contribution in [3.8, 4) is 0 Å². The van der Waals surface area contributed by atoms with Crippen LogP contribution < -0.4 is 5.73 Å². The molecule has 0 aliphatic carbocycles. The van der Waals surface area contributed by atoms with Crippen LogP contribution in [0.3, 0.4) is 0 Å². The van der Waals surface area contributed by atoms with Gasteiger partial charge >= 0.3 is 6.09 Å². The SMILES string of the molecule is CC(C)(C)OC(=O)N1CC(CN)C2CSCCC21. The Labute approximate surface area is 114 Å². The van der Waals surface area contributed by atoms with Crippen molar-refractivity contribution in [3.63, 3.8) is 0 Å². The molecule has 1 amide bonds. The molecule has 2 N–H and O–H groups in total. The number of likely N-dealkylation sites (tertiary alicyclic amines) is 1. The molecule has 18 heavy (non-hydrogen) atoms. The summed E-state index contributed by atoms with van der Waals surface area (Å²) in [6.45, 7) is 7.17. The highest BCUT2D eigenvalue weighted by molar-refractivity contribution is 7.99. The lowest BCUT2D eigenvalue weighted by Gasteiger charge is -2.33. The maximum absolute atomic E-state index is 12.2. The minimum Gasteiger partial charge on any atom is -0.444 e. The van der Waals surface area contributed by atoms with Gasteiger partial charge in [-0.15, -0.1) is 0 Å². The number of nitrogens with two attached hydrogens (primary N) is 1. The zero-order valence-corrected chi connectivity index (χ0v) is 12.3. The van der Waals surface area contributed by atoms with E-state index in [1.807, 2.05) is 37.4 Å². The van der Waals surface area contributed by atoms with E-state index >= 15 is 0 Å². The van der Waals surface area contributed by atoms with Crippen LogP contribution in [-0.2, 0) is 4.74 Å². The number of ether oxygens (including phenoxy) is 1. The number of carbonyl (C=O) groups excluding carboxylic acids is 1. The molecular formula is C13H24N2O2S. The molecule has 2 heterocycles. The maximum Gasteiger partial charge on any atom is 0.410 e. The Kier molecular flexibility index (Phi) is 4.11. The third-order valence-corrected chi connectivity index (χ3v) is 4.88. The molecule has 2 rings (SSSR count). The number of hydrogen-bond donors (Lipinski definition) is 1. The van der Waals surface area contributed by atoms with E-state index in [1.165, 1.54) is 0 Å². The normalized spacial score (nSPS) is 32.2. The number of hydrogen-bond acceptors (Lipinski definition) is 4. The standard InChI is InChI=1S/C13H24N2O2S/c1-13(2,3)17-12(16)15-7-9(6-14)10-8-18-5-4-11(10)15/h9-11H,4-8,14H2,1-3H3. The Morgan fingerprint density at radius 2 is 2.22 bits per heavy atom. The lowest BCUT2D eigenvalue weighted by molar-refractivity contribution is 0.0205. The molecular weight excluding hydrogens is 248 g/mol. The minimum absolute atomic E-state index is 0.166. The molecule has 4 nitrogen and oxygen atoms in total. The molecule has 5 heteroatoms. The number of fused-ring (bicyclic) bond motifs is 1. The van der Waals surface area contributed by atoms with Gasteiger partial charge in [0.25, 0.3) is 0 Å². The fourth-order valence-corrected chi connectivity index (χ4v) is 4.23. The van der Waals surface area contributed by atoms with Crippen molar-refractivity contribution in [2.24, 2.45) is 17.6 Å². The molecule has 0 aromatic rings. The number of carbonyl (C=O) groups is 1. The predicted molar refractivity (Wildman–Crippen MR) is 74.7 cm³/mol.